The molecule has 4 nitrogen and oxygen atoms in total. The average Bonchev–Trinajstić information content (AvgIpc) is 2.15. The maximum Gasteiger partial charge on any atom is 0.306 e. The number of likely N-dealkylation sites (tertiary alicyclic amines) is 1. The fourth-order valence-electron chi connectivity index (χ4n) is 1.61. The average molecular weight is 182 g/mol. The van der Waals surface area contributed by atoms with Crippen molar-refractivity contribution < 1.29 is 9.90 Å². The van der Waals surface area contributed by atoms with E-state index in [0.29, 0.717) is 6.42 Å². The number of carbonyl (C=O) groups is 1. The maximum atomic E-state index is 10.6. The summed E-state index contributed by atoms with van der Waals surface area (Å²) in [5.74, 6) is -0.849. The lowest BCUT2D eigenvalue weighted by molar-refractivity contribution is -0.143. The first-order chi connectivity index (χ1) is 6.24. The molecule has 1 saturated heterocycles. The van der Waals surface area contributed by atoms with E-state index in [0.717, 1.165) is 32.5 Å². The van der Waals surface area contributed by atoms with Crippen molar-refractivity contribution in [3.63, 3.8) is 0 Å². The van der Waals surface area contributed by atoms with Crippen LogP contribution in [0.15, 0.2) is 0 Å². The number of carboxylic acids is 1. The Balaban J connectivity index is 2.23. The highest BCUT2D eigenvalue weighted by Gasteiger charge is 2.23. The van der Waals surface area contributed by atoms with E-state index in [1.165, 1.54) is 0 Å². The molecule has 0 aromatic carbocycles. The predicted octanol–water partition coefficient (Wildman–Crippen LogP) is 0.697. The number of nitriles is 1. The zero-order valence-electron chi connectivity index (χ0n) is 7.57. The van der Waals surface area contributed by atoms with Crippen LogP contribution in [0.3, 0.4) is 0 Å². The number of carboxylic acid groups (broad SMARTS) is 1. The lowest BCUT2D eigenvalue weighted by atomic mass is 9.97. The summed E-state index contributed by atoms with van der Waals surface area (Å²) in [4.78, 5) is 12.8. The van der Waals surface area contributed by atoms with Crippen LogP contribution in [0.5, 0.6) is 0 Å². The zero-order chi connectivity index (χ0) is 9.68. The van der Waals surface area contributed by atoms with Crippen molar-refractivity contribution in [3.05, 3.63) is 0 Å². The van der Waals surface area contributed by atoms with Gasteiger partial charge in [0, 0.05) is 13.0 Å². The van der Waals surface area contributed by atoms with Crippen LogP contribution >= 0.6 is 0 Å². The van der Waals surface area contributed by atoms with Gasteiger partial charge in [0.05, 0.1) is 12.0 Å². The number of aliphatic carboxylic acids is 1. The fraction of sp³-hybridized carbons (Fsp3) is 0.778. The molecule has 4 heteroatoms. The Labute approximate surface area is 77.8 Å². The summed E-state index contributed by atoms with van der Waals surface area (Å²) in [6.45, 7) is 2.42. The fourth-order valence-corrected chi connectivity index (χ4v) is 1.61. The highest BCUT2D eigenvalue weighted by molar-refractivity contribution is 5.70. The topological polar surface area (TPSA) is 64.3 Å². The van der Waals surface area contributed by atoms with Crippen molar-refractivity contribution in [2.75, 3.05) is 19.6 Å². The van der Waals surface area contributed by atoms with Gasteiger partial charge in [-0.25, -0.2) is 0 Å². The SMILES string of the molecule is N#CCCN1CCC(C(=O)O)CC1. The molecule has 1 aliphatic heterocycles. The molecule has 1 rings (SSSR count). The van der Waals surface area contributed by atoms with Gasteiger partial charge in [0.1, 0.15) is 0 Å². The monoisotopic (exact) mass is 182 g/mol. The standard InChI is InChI=1S/C9H14N2O2/c10-4-1-5-11-6-2-8(3-7-11)9(12)13/h8H,1-3,5-7H2,(H,12,13). The third-order valence-electron chi connectivity index (χ3n) is 2.48. The Morgan fingerprint density at radius 3 is 2.62 bits per heavy atom. The van der Waals surface area contributed by atoms with Crippen LogP contribution < -0.4 is 0 Å². The smallest absolute Gasteiger partial charge is 0.306 e. The number of rotatable bonds is 3. The van der Waals surface area contributed by atoms with Gasteiger partial charge in [-0.2, -0.15) is 5.26 Å². The summed E-state index contributed by atoms with van der Waals surface area (Å²) in [6.07, 6.45) is 1.99. The summed E-state index contributed by atoms with van der Waals surface area (Å²) < 4.78 is 0. The van der Waals surface area contributed by atoms with Gasteiger partial charge in [-0.3, -0.25) is 4.79 Å². The molecule has 0 unspecified atom stereocenters. The molecule has 0 saturated carbocycles. The van der Waals surface area contributed by atoms with E-state index in [2.05, 4.69) is 11.0 Å². The number of hydrogen-bond acceptors (Lipinski definition) is 3. The van der Waals surface area contributed by atoms with E-state index >= 15 is 0 Å². The van der Waals surface area contributed by atoms with Gasteiger partial charge in [0.2, 0.25) is 0 Å². The second kappa shape index (κ2) is 4.83. The molecular weight excluding hydrogens is 168 g/mol. The van der Waals surface area contributed by atoms with Gasteiger partial charge >= 0.3 is 5.97 Å². The second-order valence-electron chi connectivity index (χ2n) is 3.36. The first-order valence-electron chi connectivity index (χ1n) is 4.56. The summed E-state index contributed by atoms with van der Waals surface area (Å²) in [6, 6.07) is 2.09. The van der Waals surface area contributed by atoms with E-state index in [9.17, 15) is 4.79 Å². The molecule has 0 aromatic heterocycles. The molecule has 0 bridgehead atoms. The van der Waals surface area contributed by atoms with Crippen molar-refractivity contribution in [2.24, 2.45) is 5.92 Å². The minimum absolute atomic E-state index is 0.168. The Morgan fingerprint density at radius 1 is 1.54 bits per heavy atom. The quantitative estimate of drug-likeness (QED) is 0.697. The minimum Gasteiger partial charge on any atom is -0.481 e. The third kappa shape index (κ3) is 3.03. The van der Waals surface area contributed by atoms with Crippen LogP contribution in [-0.4, -0.2) is 35.6 Å². The normalized spacial score (nSPS) is 19.6. The summed E-state index contributed by atoms with van der Waals surface area (Å²) >= 11 is 0. The predicted molar refractivity (Wildman–Crippen MR) is 47.0 cm³/mol. The molecule has 13 heavy (non-hydrogen) atoms. The molecule has 0 spiro atoms. The molecule has 0 radical (unpaired) electrons. The van der Waals surface area contributed by atoms with Crippen molar-refractivity contribution >= 4 is 5.97 Å². The lowest BCUT2D eigenvalue weighted by Gasteiger charge is -2.29. The molecule has 1 fully saturated rings. The van der Waals surface area contributed by atoms with E-state index in [1.807, 2.05) is 0 Å². The number of piperidine rings is 1. The van der Waals surface area contributed by atoms with Crippen LogP contribution in [0.25, 0.3) is 0 Å². The summed E-state index contributed by atoms with van der Waals surface area (Å²) in [5.41, 5.74) is 0. The van der Waals surface area contributed by atoms with Crippen molar-refractivity contribution in [3.8, 4) is 6.07 Å². The van der Waals surface area contributed by atoms with Gasteiger partial charge in [-0.15, -0.1) is 0 Å². The summed E-state index contributed by atoms with van der Waals surface area (Å²) in [5, 5.41) is 17.1. The van der Waals surface area contributed by atoms with Gasteiger partial charge in [-0.1, -0.05) is 0 Å². The molecule has 0 aromatic rings. The Kier molecular flexibility index (Phi) is 3.71. The Bertz CT molecular complexity index is 214. The van der Waals surface area contributed by atoms with E-state index in [4.69, 9.17) is 10.4 Å². The Hall–Kier alpha value is -1.08. The Morgan fingerprint density at radius 2 is 2.15 bits per heavy atom. The molecule has 1 aliphatic rings. The third-order valence-corrected chi connectivity index (χ3v) is 2.48. The minimum atomic E-state index is -0.681. The maximum absolute atomic E-state index is 10.6. The zero-order valence-corrected chi connectivity index (χ0v) is 7.57. The molecule has 0 amide bonds. The highest BCUT2D eigenvalue weighted by Crippen LogP contribution is 2.16. The first-order valence-corrected chi connectivity index (χ1v) is 4.56. The molecule has 0 aliphatic carbocycles. The van der Waals surface area contributed by atoms with Crippen molar-refractivity contribution in [1.29, 1.82) is 5.26 Å². The van der Waals surface area contributed by atoms with Gasteiger partial charge in [0.15, 0.2) is 0 Å². The van der Waals surface area contributed by atoms with Crippen LogP contribution in [0.2, 0.25) is 0 Å². The summed E-state index contributed by atoms with van der Waals surface area (Å²) in [7, 11) is 0. The highest BCUT2D eigenvalue weighted by atomic mass is 16.4. The van der Waals surface area contributed by atoms with Crippen molar-refractivity contribution in [1.82, 2.24) is 4.90 Å². The molecular formula is C9H14N2O2. The van der Waals surface area contributed by atoms with E-state index in [1.54, 1.807) is 0 Å². The van der Waals surface area contributed by atoms with Gasteiger partial charge < -0.3 is 10.0 Å². The number of hydrogen-bond donors (Lipinski definition) is 1. The van der Waals surface area contributed by atoms with Crippen LogP contribution in [-0.2, 0) is 4.79 Å². The molecule has 0 atom stereocenters. The number of nitrogens with zero attached hydrogens (tertiary/aromatic N) is 2. The van der Waals surface area contributed by atoms with Gasteiger partial charge in [0.25, 0.3) is 0 Å². The molecule has 1 N–H and O–H groups in total. The molecule has 72 valence electrons. The van der Waals surface area contributed by atoms with Crippen LogP contribution in [0.1, 0.15) is 19.3 Å². The first kappa shape index (κ1) is 10.0. The van der Waals surface area contributed by atoms with E-state index in [-0.39, 0.29) is 5.92 Å². The lowest BCUT2D eigenvalue weighted by Crippen LogP contribution is -2.36. The van der Waals surface area contributed by atoms with Gasteiger partial charge in [-0.05, 0) is 25.9 Å². The second-order valence-corrected chi connectivity index (χ2v) is 3.36. The van der Waals surface area contributed by atoms with E-state index < -0.39 is 5.97 Å². The largest absolute Gasteiger partial charge is 0.481 e. The molecule has 1 heterocycles. The van der Waals surface area contributed by atoms with Crippen LogP contribution in [0, 0.1) is 17.2 Å². The van der Waals surface area contributed by atoms with Crippen molar-refractivity contribution in [2.45, 2.75) is 19.3 Å². The van der Waals surface area contributed by atoms with Crippen LogP contribution in [0.4, 0.5) is 0 Å².